The van der Waals surface area contributed by atoms with Gasteiger partial charge in [0, 0.05) is 30.6 Å². The molecule has 0 unspecified atom stereocenters. The van der Waals surface area contributed by atoms with Gasteiger partial charge < -0.3 is 24.2 Å². The monoisotopic (exact) mass is 411 g/mol. The zero-order valence-corrected chi connectivity index (χ0v) is 17.1. The highest BCUT2D eigenvalue weighted by Crippen LogP contribution is 2.36. The largest absolute Gasteiger partial charge is 0.490 e. The molecular weight excluding hydrogens is 386 g/mol. The SMILES string of the molecule is CCOc1cccc2c1OCC(C(=O)N1CCC(C(=O)Nc3cc(C)on3)CC1)=C2. The fraction of sp³-hybridized carbons (Fsp3) is 0.409. The number of nitrogens with one attached hydrogen (secondary N) is 1. The Morgan fingerprint density at radius 1 is 1.30 bits per heavy atom. The van der Waals surface area contributed by atoms with Crippen molar-refractivity contribution in [2.45, 2.75) is 26.7 Å². The van der Waals surface area contributed by atoms with Gasteiger partial charge in [-0.3, -0.25) is 9.59 Å². The van der Waals surface area contributed by atoms with Crippen LogP contribution in [0.1, 0.15) is 31.1 Å². The highest BCUT2D eigenvalue weighted by Gasteiger charge is 2.30. The summed E-state index contributed by atoms with van der Waals surface area (Å²) in [7, 11) is 0. The summed E-state index contributed by atoms with van der Waals surface area (Å²) in [6.07, 6.45) is 3.08. The Kier molecular flexibility index (Phi) is 5.74. The van der Waals surface area contributed by atoms with E-state index in [0.29, 0.717) is 61.2 Å². The zero-order valence-electron chi connectivity index (χ0n) is 17.1. The van der Waals surface area contributed by atoms with Gasteiger partial charge in [-0.05, 0) is 38.8 Å². The quantitative estimate of drug-likeness (QED) is 0.813. The number of carbonyl (C=O) groups excluding carboxylic acids is 2. The highest BCUT2D eigenvalue weighted by atomic mass is 16.5. The second-order valence-electron chi connectivity index (χ2n) is 7.44. The maximum Gasteiger partial charge on any atom is 0.253 e. The number of anilines is 1. The van der Waals surface area contributed by atoms with Gasteiger partial charge in [-0.2, -0.15) is 0 Å². The number of amides is 2. The Morgan fingerprint density at radius 2 is 2.10 bits per heavy atom. The van der Waals surface area contributed by atoms with E-state index in [-0.39, 0.29) is 24.3 Å². The predicted molar refractivity (Wildman–Crippen MR) is 110 cm³/mol. The molecule has 1 N–H and O–H groups in total. The van der Waals surface area contributed by atoms with E-state index in [1.54, 1.807) is 17.9 Å². The molecule has 8 heteroatoms. The molecule has 2 aromatic rings. The molecule has 8 nitrogen and oxygen atoms in total. The molecule has 0 radical (unpaired) electrons. The van der Waals surface area contributed by atoms with E-state index >= 15 is 0 Å². The number of fused-ring (bicyclic) bond motifs is 1. The number of benzene rings is 1. The van der Waals surface area contributed by atoms with E-state index in [2.05, 4.69) is 10.5 Å². The Labute approximate surface area is 174 Å². The van der Waals surface area contributed by atoms with Crippen molar-refractivity contribution < 1.29 is 23.6 Å². The van der Waals surface area contributed by atoms with Crippen LogP contribution in [0.25, 0.3) is 6.08 Å². The van der Waals surface area contributed by atoms with Crippen LogP contribution in [0.5, 0.6) is 11.5 Å². The molecule has 1 fully saturated rings. The molecule has 2 amide bonds. The van der Waals surface area contributed by atoms with E-state index in [4.69, 9.17) is 14.0 Å². The minimum absolute atomic E-state index is 0.0477. The molecule has 2 aliphatic rings. The Balaban J connectivity index is 1.36. The Hall–Kier alpha value is -3.29. The summed E-state index contributed by atoms with van der Waals surface area (Å²) < 4.78 is 16.4. The van der Waals surface area contributed by atoms with Crippen LogP contribution in [0.3, 0.4) is 0 Å². The van der Waals surface area contributed by atoms with Gasteiger partial charge in [0.2, 0.25) is 5.91 Å². The van der Waals surface area contributed by atoms with Crippen LogP contribution in [0, 0.1) is 12.8 Å². The van der Waals surface area contributed by atoms with Crippen molar-refractivity contribution in [2.24, 2.45) is 5.92 Å². The Bertz CT molecular complexity index is 973. The van der Waals surface area contributed by atoms with Crippen molar-refractivity contribution >= 4 is 23.7 Å². The second kappa shape index (κ2) is 8.61. The number of likely N-dealkylation sites (tertiary alicyclic amines) is 1. The molecule has 3 heterocycles. The molecule has 2 aliphatic heterocycles. The third kappa shape index (κ3) is 4.17. The summed E-state index contributed by atoms with van der Waals surface area (Å²) in [6.45, 7) is 5.50. The minimum atomic E-state index is -0.155. The third-order valence-electron chi connectivity index (χ3n) is 5.32. The first-order chi connectivity index (χ1) is 14.5. The van der Waals surface area contributed by atoms with E-state index in [1.165, 1.54) is 0 Å². The maximum atomic E-state index is 13.0. The van der Waals surface area contributed by atoms with Crippen LogP contribution in [0.2, 0.25) is 0 Å². The summed E-state index contributed by atoms with van der Waals surface area (Å²) in [6, 6.07) is 7.34. The van der Waals surface area contributed by atoms with Crippen LogP contribution >= 0.6 is 0 Å². The van der Waals surface area contributed by atoms with Gasteiger partial charge in [0.25, 0.3) is 5.91 Å². The van der Waals surface area contributed by atoms with Gasteiger partial charge in [-0.15, -0.1) is 0 Å². The molecule has 4 rings (SSSR count). The zero-order chi connectivity index (χ0) is 21.1. The van der Waals surface area contributed by atoms with Gasteiger partial charge in [-0.25, -0.2) is 0 Å². The van der Waals surface area contributed by atoms with Crippen LogP contribution in [0.4, 0.5) is 5.82 Å². The smallest absolute Gasteiger partial charge is 0.253 e. The molecule has 0 saturated carbocycles. The number of aromatic nitrogens is 1. The third-order valence-corrected chi connectivity index (χ3v) is 5.32. The molecule has 1 aromatic heterocycles. The maximum absolute atomic E-state index is 13.0. The molecule has 158 valence electrons. The molecule has 0 bridgehead atoms. The summed E-state index contributed by atoms with van der Waals surface area (Å²) in [5.74, 6) is 2.13. The number of hydrogen-bond donors (Lipinski definition) is 1. The van der Waals surface area contributed by atoms with Gasteiger partial charge in [0.1, 0.15) is 12.4 Å². The summed E-state index contributed by atoms with van der Waals surface area (Å²) in [5, 5.41) is 6.57. The predicted octanol–water partition coefficient (Wildman–Crippen LogP) is 3.03. The minimum Gasteiger partial charge on any atom is -0.490 e. The average Bonchev–Trinajstić information content (AvgIpc) is 3.18. The van der Waals surface area contributed by atoms with Crippen molar-refractivity contribution in [3.63, 3.8) is 0 Å². The van der Waals surface area contributed by atoms with Crippen molar-refractivity contribution in [1.29, 1.82) is 0 Å². The first kappa shape index (κ1) is 20.0. The van der Waals surface area contributed by atoms with Crippen LogP contribution in [0.15, 0.2) is 34.4 Å². The number of para-hydroxylation sites is 1. The number of piperidine rings is 1. The molecule has 1 aromatic carbocycles. The topological polar surface area (TPSA) is 93.9 Å². The Morgan fingerprint density at radius 3 is 2.80 bits per heavy atom. The van der Waals surface area contributed by atoms with Crippen molar-refractivity contribution in [3.8, 4) is 11.5 Å². The lowest BCUT2D eigenvalue weighted by Gasteiger charge is -2.32. The molecule has 0 aliphatic carbocycles. The number of aryl methyl sites for hydroxylation is 1. The number of ether oxygens (including phenoxy) is 2. The first-order valence-corrected chi connectivity index (χ1v) is 10.2. The van der Waals surface area contributed by atoms with Gasteiger partial charge >= 0.3 is 0 Å². The van der Waals surface area contributed by atoms with Crippen LogP contribution < -0.4 is 14.8 Å². The van der Waals surface area contributed by atoms with Crippen LogP contribution in [-0.4, -0.2) is 48.2 Å². The highest BCUT2D eigenvalue weighted by molar-refractivity contribution is 5.99. The summed E-state index contributed by atoms with van der Waals surface area (Å²) >= 11 is 0. The van der Waals surface area contributed by atoms with E-state index < -0.39 is 0 Å². The first-order valence-electron chi connectivity index (χ1n) is 10.2. The summed E-state index contributed by atoms with van der Waals surface area (Å²) in [5.41, 5.74) is 1.45. The van der Waals surface area contributed by atoms with Gasteiger partial charge in [0.05, 0.1) is 12.2 Å². The normalized spacial score (nSPS) is 16.3. The number of hydrogen-bond acceptors (Lipinski definition) is 6. The average molecular weight is 411 g/mol. The fourth-order valence-electron chi connectivity index (χ4n) is 3.77. The van der Waals surface area contributed by atoms with Crippen molar-refractivity contribution in [2.75, 3.05) is 31.6 Å². The van der Waals surface area contributed by atoms with Crippen LogP contribution in [-0.2, 0) is 9.59 Å². The van der Waals surface area contributed by atoms with Gasteiger partial charge in [0.15, 0.2) is 17.3 Å². The van der Waals surface area contributed by atoms with E-state index in [0.717, 1.165) is 5.56 Å². The lowest BCUT2D eigenvalue weighted by atomic mass is 9.95. The number of rotatable bonds is 5. The molecular formula is C22H25N3O5. The second-order valence-corrected chi connectivity index (χ2v) is 7.44. The van der Waals surface area contributed by atoms with E-state index in [1.807, 2.05) is 31.2 Å². The molecule has 30 heavy (non-hydrogen) atoms. The number of carbonyl (C=O) groups is 2. The van der Waals surface area contributed by atoms with E-state index in [9.17, 15) is 9.59 Å². The lowest BCUT2D eigenvalue weighted by Crippen LogP contribution is -2.42. The molecule has 1 saturated heterocycles. The standard InChI is InChI=1S/C22H25N3O5/c1-3-28-18-6-4-5-16-12-17(13-29-20(16)18)22(27)25-9-7-15(8-10-25)21(26)23-19-11-14(2)30-24-19/h4-6,11-12,15H,3,7-10,13H2,1-2H3,(H,23,24,26). The number of nitrogens with zero attached hydrogens (tertiary/aromatic N) is 2. The molecule has 0 atom stereocenters. The summed E-state index contributed by atoms with van der Waals surface area (Å²) in [4.78, 5) is 27.2. The van der Waals surface area contributed by atoms with Crippen molar-refractivity contribution in [1.82, 2.24) is 10.1 Å². The fourth-order valence-corrected chi connectivity index (χ4v) is 3.77. The van der Waals surface area contributed by atoms with Crippen molar-refractivity contribution in [3.05, 3.63) is 41.2 Å². The lowest BCUT2D eigenvalue weighted by molar-refractivity contribution is -0.131. The van der Waals surface area contributed by atoms with Gasteiger partial charge in [-0.1, -0.05) is 17.3 Å². The molecule has 0 spiro atoms.